The molecule has 0 fully saturated rings. The summed E-state index contributed by atoms with van der Waals surface area (Å²) in [4.78, 5) is 2.78. The van der Waals surface area contributed by atoms with Crippen LogP contribution in [0.15, 0.2) is 54.6 Å². The molecule has 19 heavy (non-hydrogen) atoms. The molecule has 0 aliphatic rings. The van der Waals surface area contributed by atoms with Crippen molar-refractivity contribution in [3.8, 4) is 0 Å². The minimum absolute atomic E-state index is 0.915. The van der Waals surface area contributed by atoms with Crippen LogP contribution in [0, 0.1) is 6.92 Å². The summed E-state index contributed by atoms with van der Waals surface area (Å²) in [6, 6.07) is 19.5. The predicted molar refractivity (Wildman–Crippen MR) is 83.5 cm³/mol. The van der Waals surface area contributed by atoms with E-state index in [1.54, 1.807) is 0 Å². The van der Waals surface area contributed by atoms with Crippen LogP contribution in [-0.4, -0.2) is 0 Å². The van der Waals surface area contributed by atoms with E-state index in [9.17, 15) is 0 Å². The Bertz CT molecular complexity index is 679. The highest BCUT2D eigenvalue weighted by molar-refractivity contribution is 7.11. The zero-order chi connectivity index (χ0) is 13.1. The number of rotatable bonds is 4. The fourth-order valence-corrected chi connectivity index (χ4v) is 3.21. The number of hydrogen-bond donors (Lipinski definition) is 1. The summed E-state index contributed by atoms with van der Waals surface area (Å²) in [6.45, 7) is 4.01. The minimum Gasteiger partial charge on any atom is -0.308 e. The Hall–Kier alpha value is -1.64. The van der Waals surface area contributed by atoms with Crippen molar-refractivity contribution in [3.63, 3.8) is 0 Å². The molecule has 0 aliphatic carbocycles. The van der Waals surface area contributed by atoms with Crippen molar-refractivity contribution in [2.45, 2.75) is 20.0 Å². The zero-order valence-electron chi connectivity index (χ0n) is 11.0. The molecule has 0 saturated heterocycles. The van der Waals surface area contributed by atoms with Gasteiger partial charge < -0.3 is 5.32 Å². The van der Waals surface area contributed by atoms with E-state index in [-0.39, 0.29) is 0 Å². The standard InChI is InChI=1S/C17H17NS/c1-13-9-10-16(19-13)12-18-11-15-7-4-6-14-5-2-3-8-17(14)15/h2-10,18H,11-12H2,1H3. The van der Waals surface area contributed by atoms with E-state index >= 15 is 0 Å². The molecule has 1 aromatic heterocycles. The van der Waals surface area contributed by atoms with E-state index in [2.05, 4.69) is 66.8 Å². The van der Waals surface area contributed by atoms with E-state index < -0.39 is 0 Å². The third-order valence-corrected chi connectivity index (χ3v) is 4.29. The second-order valence-corrected chi connectivity index (χ2v) is 6.13. The third-order valence-electron chi connectivity index (χ3n) is 3.29. The molecule has 0 spiro atoms. The molecule has 0 unspecified atom stereocenters. The van der Waals surface area contributed by atoms with Gasteiger partial charge in [0, 0.05) is 22.8 Å². The maximum absolute atomic E-state index is 3.53. The predicted octanol–water partition coefficient (Wildman–Crippen LogP) is 4.50. The van der Waals surface area contributed by atoms with E-state index in [1.807, 2.05) is 11.3 Å². The van der Waals surface area contributed by atoms with Gasteiger partial charge in [-0.3, -0.25) is 0 Å². The van der Waals surface area contributed by atoms with Crippen molar-refractivity contribution in [1.29, 1.82) is 0 Å². The van der Waals surface area contributed by atoms with Gasteiger partial charge in [-0.25, -0.2) is 0 Å². The van der Waals surface area contributed by atoms with E-state index in [0.717, 1.165) is 13.1 Å². The van der Waals surface area contributed by atoms with Crippen molar-refractivity contribution in [2.75, 3.05) is 0 Å². The van der Waals surface area contributed by atoms with Gasteiger partial charge in [-0.05, 0) is 35.4 Å². The van der Waals surface area contributed by atoms with Crippen LogP contribution in [0.5, 0.6) is 0 Å². The molecule has 1 N–H and O–H groups in total. The van der Waals surface area contributed by atoms with Gasteiger partial charge >= 0.3 is 0 Å². The van der Waals surface area contributed by atoms with Crippen LogP contribution in [0.25, 0.3) is 10.8 Å². The van der Waals surface area contributed by atoms with Crippen LogP contribution in [-0.2, 0) is 13.1 Å². The fraction of sp³-hybridized carbons (Fsp3) is 0.176. The van der Waals surface area contributed by atoms with Gasteiger partial charge in [0.2, 0.25) is 0 Å². The molecule has 0 aliphatic heterocycles. The monoisotopic (exact) mass is 267 g/mol. The molecule has 0 atom stereocenters. The Labute approximate surface area is 117 Å². The molecule has 2 heteroatoms. The Morgan fingerprint density at radius 3 is 2.58 bits per heavy atom. The van der Waals surface area contributed by atoms with Crippen molar-refractivity contribution < 1.29 is 0 Å². The van der Waals surface area contributed by atoms with Gasteiger partial charge in [-0.2, -0.15) is 0 Å². The smallest absolute Gasteiger partial charge is 0.0303 e. The van der Waals surface area contributed by atoms with Gasteiger partial charge in [-0.15, -0.1) is 11.3 Å². The number of aryl methyl sites for hydroxylation is 1. The van der Waals surface area contributed by atoms with Gasteiger partial charge in [0.05, 0.1) is 0 Å². The molecular formula is C17H17NS. The quantitative estimate of drug-likeness (QED) is 0.734. The second-order valence-electron chi connectivity index (χ2n) is 4.75. The van der Waals surface area contributed by atoms with Gasteiger partial charge in [0.25, 0.3) is 0 Å². The van der Waals surface area contributed by atoms with E-state index in [4.69, 9.17) is 0 Å². The Kier molecular flexibility index (Phi) is 3.62. The summed E-state index contributed by atoms with van der Waals surface area (Å²) in [5.41, 5.74) is 1.37. The van der Waals surface area contributed by atoms with Crippen molar-refractivity contribution >= 4 is 22.1 Å². The highest BCUT2D eigenvalue weighted by atomic mass is 32.1. The number of benzene rings is 2. The molecule has 3 rings (SSSR count). The highest BCUT2D eigenvalue weighted by Crippen LogP contribution is 2.19. The van der Waals surface area contributed by atoms with Crippen LogP contribution in [0.4, 0.5) is 0 Å². The number of thiophene rings is 1. The lowest BCUT2D eigenvalue weighted by Gasteiger charge is -2.07. The summed E-state index contributed by atoms with van der Waals surface area (Å²) in [6.07, 6.45) is 0. The normalized spacial score (nSPS) is 11.0. The molecule has 2 aromatic carbocycles. The SMILES string of the molecule is Cc1ccc(CNCc2cccc3ccccc23)s1. The van der Waals surface area contributed by atoms with Crippen LogP contribution >= 0.6 is 11.3 Å². The summed E-state index contributed by atoms with van der Waals surface area (Å²) in [7, 11) is 0. The molecule has 0 bridgehead atoms. The van der Waals surface area contributed by atoms with Gasteiger partial charge in [-0.1, -0.05) is 42.5 Å². The van der Waals surface area contributed by atoms with E-state index in [1.165, 1.54) is 26.1 Å². The second kappa shape index (κ2) is 5.55. The molecule has 0 amide bonds. The maximum atomic E-state index is 3.53. The number of fused-ring (bicyclic) bond motifs is 1. The third kappa shape index (κ3) is 2.86. The first-order chi connectivity index (χ1) is 9.33. The van der Waals surface area contributed by atoms with Crippen LogP contribution in [0.3, 0.4) is 0 Å². The summed E-state index contributed by atoms with van der Waals surface area (Å²) < 4.78 is 0. The lowest BCUT2D eigenvalue weighted by molar-refractivity contribution is 0.704. The van der Waals surface area contributed by atoms with Crippen LogP contribution < -0.4 is 5.32 Å². The molecule has 3 aromatic rings. The fourth-order valence-electron chi connectivity index (χ4n) is 2.35. The first-order valence-electron chi connectivity index (χ1n) is 6.55. The van der Waals surface area contributed by atoms with Crippen molar-refractivity contribution in [2.24, 2.45) is 0 Å². The summed E-state index contributed by atoms with van der Waals surface area (Å²) >= 11 is 1.86. The maximum Gasteiger partial charge on any atom is 0.0303 e. The first kappa shape index (κ1) is 12.4. The highest BCUT2D eigenvalue weighted by Gasteiger charge is 2.00. The Balaban J connectivity index is 1.71. The molecule has 0 radical (unpaired) electrons. The molecule has 1 heterocycles. The minimum atomic E-state index is 0.915. The Morgan fingerprint density at radius 2 is 1.74 bits per heavy atom. The average molecular weight is 267 g/mol. The van der Waals surface area contributed by atoms with Gasteiger partial charge in [0.1, 0.15) is 0 Å². The van der Waals surface area contributed by atoms with Gasteiger partial charge in [0.15, 0.2) is 0 Å². The average Bonchev–Trinajstić information content (AvgIpc) is 2.85. The zero-order valence-corrected chi connectivity index (χ0v) is 11.8. The molecule has 96 valence electrons. The molecule has 0 saturated carbocycles. The summed E-state index contributed by atoms with van der Waals surface area (Å²) in [5.74, 6) is 0. The number of nitrogens with one attached hydrogen (secondary N) is 1. The largest absolute Gasteiger partial charge is 0.308 e. The topological polar surface area (TPSA) is 12.0 Å². The Morgan fingerprint density at radius 1 is 0.895 bits per heavy atom. The summed E-state index contributed by atoms with van der Waals surface area (Å²) in [5, 5.41) is 6.19. The lowest BCUT2D eigenvalue weighted by atomic mass is 10.0. The molecule has 1 nitrogen and oxygen atoms in total. The van der Waals surface area contributed by atoms with E-state index in [0.29, 0.717) is 0 Å². The van der Waals surface area contributed by atoms with Crippen LogP contribution in [0.2, 0.25) is 0 Å². The van der Waals surface area contributed by atoms with Crippen molar-refractivity contribution in [1.82, 2.24) is 5.32 Å². The molecular weight excluding hydrogens is 250 g/mol. The van der Waals surface area contributed by atoms with Crippen molar-refractivity contribution in [3.05, 3.63) is 69.9 Å². The van der Waals surface area contributed by atoms with Crippen LogP contribution in [0.1, 0.15) is 15.3 Å². The lowest BCUT2D eigenvalue weighted by Crippen LogP contribution is -2.11. The first-order valence-corrected chi connectivity index (χ1v) is 7.37. The number of hydrogen-bond acceptors (Lipinski definition) is 2.